The van der Waals surface area contributed by atoms with Gasteiger partial charge in [0.1, 0.15) is 0 Å². The van der Waals surface area contributed by atoms with Gasteiger partial charge in [-0.3, -0.25) is 9.79 Å². The van der Waals surface area contributed by atoms with Crippen LogP contribution in [0.3, 0.4) is 0 Å². The molecule has 2 N–H and O–H groups in total. The lowest BCUT2D eigenvalue weighted by Gasteiger charge is -2.10. The molecule has 1 aromatic heterocycles. The average molecular weight is 369 g/mol. The van der Waals surface area contributed by atoms with Crippen LogP contribution < -0.4 is 10.6 Å². The highest BCUT2D eigenvalue weighted by Gasteiger charge is 2.04. The fraction of sp³-hybridized carbons (Fsp3) is 0.722. The van der Waals surface area contributed by atoms with Crippen LogP contribution in [0.15, 0.2) is 4.99 Å². The van der Waals surface area contributed by atoms with Gasteiger partial charge in [0.05, 0.1) is 17.8 Å². The molecule has 0 bridgehead atoms. The number of carbonyl (C=O) groups excluding carboxylic acids is 1. The molecule has 1 heterocycles. The number of esters is 1. The van der Waals surface area contributed by atoms with Crippen molar-refractivity contribution >= 4 is 23.3 Å². The van der Waals surface area contributed by atoms with Crippen LogP contribution in [0.1, 0.15) is 54.6 Å². The molecule has 0 aliphatic carbocycles. The molecule has 0 aromatic carbocycles. The first kappa shape index (κ1) is 21.4. The van der Waals surface area contributed by atoms with E-state index in [4.69, 9.17) is 0 Å². The molecule has 0 unspecified atom stereocenters. The van der Waals surface area contributed by atoms with Crippen molar-refractivity contribution in [3.63, 3.8) is 0 Å². The molecule has 0 atom stereocenters. The molecule has 1 rings (SSSR count). The van der Waals surface area contributed by atoms with E-state index in [-0.39, 0.29) is 5.97 Å². The fourth-order valence-electron chi connectivity index (χ4n) is 2.30. The van der Waals surface area contributed by atoms with Crippen molar-refractivity contribution in [3.05, 3.63) is 15.6 Å². The van der Waals surface area contributed by atoms with Crippen molar-refractivity contribution in [2.45, 2.75) is 59.3 Å². The van der Waals surface area contributed by atoms with Crippen LogP contribution in [0, 0.1) is 13.8 Å². The zero-order valence-corrected chi connectivity index (χ0v) is 16.8. The number of hydrogen-bond acceptors (Lipinski definition) is 5. The monoisotopic (exact) mass is 368 g/mol. The van der Waals surface area contributed by atoms with E-state index in [0.29, 0.717) is 6.42 Å². The predicted octanol–water partition coefficient (Wildman–Crippen LogP) is 2.98. The molecular formula is C18H32N4O2S. The minimum atomic E-state index is -0.123. The third kappa shape index (κ3) is 9.43. The molecule has 1 aromatic rings. The van der Waals surface area contributed by atoms with Crippen molar-refractivity contribution in [1.29, 1.82) is 0 Å². The molecule has 0 amide bonds. The summed E-state index contributed by atoms with van der Waals surface area (Å²) in [5.74, 6) is 0.740. The maximum Gasteiger partial charge on any atom is 0.305 e. The lowest BCUT2D eigenvalue weighted by Crippen LogP contribution is -2.38. The summed E-state index contributed by atoms with van der Waals surface area (Å²) in [5, 5.41) is 7.81. The lowest BCUT2D eigenvalue weighted by molar-refractivity contribution is -0.140. The Bertz CT molecular complexity index is 524. The van der Waals surface area contributed by atoms with Crippen LogP contribution in [-0.2, 0) is 16.0 Å². The number of aliphatic imine (C=N–C) groups is 1. The van der Waals surface area contributed by atoms with Crippen LogP contribution in [0.25, 0.3) is 0 Å². The normalized spacial score (nSPS) is 11.4. The van der Waals surface area contributed by atoms with E-state index in [2.05, 4.69) is 46.1 Å². The van der Waals surface area contributed by atoms with Gasteiger partial charge in [0.25, 0.3) is 0 Å². The van der Waals surface area contributed by atoms with Gasteiger partial charge in [-0.25, -0.2) is 4.98 Å². The molecule has 142 valence electrons. The molecule has 0 spiro atoms. The third-order valence-electron chi connectivity index (χ3n) is 3.83. The van der Waals surface area contributed by atoms with Crippen molar-refractivity contribution in [2.75, 3.05) is 26.7 Å². The number of nitrogens with one attached hydrogen (secondary N) is 2. The summed E-state index contributed by atoms with van der Waals surface area (Å²) >= 11 is 1.77. The highest BCUT2D eigenvalue weighted by molar-refractivity contribution is 7.11. The predicted molar refractivity (Wildman–Crippen MR) is 104 cm³/mol. The standard InChI is InChI=1S/C18H32N4O2S/c1-5-19-18(20-12-9-7-6-8-10-17(23)24-4)21-13-11-16-22-14(2)15(3)25-16/h5-13H2,1-4H3,(H2,19,20,21). The largest absolute Gasteiger partial charge is 0.469 e. The van der Waals surface area contributed by atoms with Gasteiger partial charge in [0.2, 0.25) is 0 Å². The number of thiazole rings is 1. The van der Waals surface area contributed by atoms with Gasteiger partial charge in [0.15, 0.2) is 5.96 Å². The fourth-order valence-corrected chi connectivity index (χ4v) is 3.24. The minimum absolute atomic E-state index is 0.123. The zero-order chi connectivity index (χ0) is 18.5. The first-order chi connectivity index (χ1) is 12.1. The molecule has 0 radical (unpaired) electrons. The van der Waals surface area contributed by atoms with Crippen molar-refractivity contribution < 1.29 is 9.53 Å². The van der Waals surface area contributed by atoms with Gasteiger partial charge in [-0.05, 0) is 33.6 Å². The average Bonchev–Trinajstić information content (AvgIpc) is 2.91. The topological polar surface area (TPSA) is 75.6 Å². The van der Waals surface area contributed by atoms with Gasteiger partial charge in [-0.2, -0.15) is 0 Å². The summed E-state index contributed by atoms with van der Waals surface area (Å²) in [6.45, 7) is 8.71. The van der Waals surface area contributed by atoms with Gasteiger partial charge in [-0.1, -0.05) is 12.8 Å². The van der Waals surface area contributed by atoms with E-state index in [1.54, 1.807) is 11.3 Å². The van der Waals surface area contributed by atoms with Gasteiger partial charge in [-0.15, -0.1) is 11.3 Å². The summed E-state index contributed by atoms with van der Waals surface area (Å²) in [4.78, 5) is 21.5. The summed E-state index contributed by atoms with van der Waals surface area (Å²) in [6, 6.07) is 0. The molecule has 0 fully saturated rings. The van der Waals surface area contributed by atoms with Crippen molar-refractivity contribution in [2.24, 2.45) is 4.99 Å². The molecule has 7 heteroatoms. The Kier molecular flexibility index (Phi) is 10.9. The second kappa shape index (κ2) is 12.7. The Balaban J connectivity index is 2.21. The maximum absolute atomic E-state index is 11.0. The van der Waals surface area contributed by atoms with E-state index in [1.807, 2.05) is 0 Å². The van der Waals surface area contributed by atoms with Crippen LogP contribution in [-0.4, -0.2) is 43.7 Å². The first-order valence-corrected chi connectivity index (χ1v) is 9.90. The number of carbonyl (C=O) groups is 1. The first-order valence-electron chi connectivity index (χ1n) is 9.08. The molecular weight excluding hydrogens is 336 g/mol. The van der Waals surface area contributed by atoms with Crippen LogP contribution in [0.5, 0.6) is 0 Å². The Labute approximate surface area is 155 Å². The number of guanidine groups is 1. The van der Waals surface area contributed by atoms with E-state index < -0.39 is 0 Å². The lowest BCUT2D eigenvalue weighted by atomic mass is 10.1. The number of unbranched alkanes of at least 4 members (excludes halogenated alkanes) is 3. The number of nitrogens with zero attached hydrogens (tertiary/aromatic N) is 2. The molecule has 0 saturated carbocycles. The van der Waals surface area contributed by atoms with Crippen LogP contribution in [0.4, 0.5) is 0 Å². The van der Waals surface area contributed by atoms with E-state index in [9.17, 15) is 4.79 Å². The molecule has 0 aliphatic rings. The summed E-state index contributed by atoms with van der Waals surface area (Å²) < 4.78 is 4.63. The molecule has 25 heavy (non-hydrogen) atoms. The second-order valence-electron chi connectivity index (χ2n) is 5.93. The van der Waals surface area contributed by atoms with Crippen LogP contribution >= 0.6 is 11.3 Å². The highest BCUT2D eigenvalue weighted by atomic mass is 32.1. The van der Waals surface area contributed by atoms with Crippen LogP contribution in [0.2, 0.25) is 0 Å². The van der Waals surface area contributed by atoms with Crippen molar-refractivity contribution in [3.8, 4) is 0 Å². The third-order valence-corrected chi connectivity index (χ3v) is 4.97. The zero-order valence-electron chi connectivity index (χ0n) is 16.0. The number of hydrogen-bond donors (Lipinski definition) is 2. The molecule has 0 aliphatic heterocycles. The quantitative estimate of drug-likeness (QED) is 0.272. The van der Waals surface area contributed by atoms with E-state index in [1.165, 1.54) is 17.0 Å². The number of rotatable bonds is 11. The molecule has 0 saturated heterocycles. The minimum Gasteiger partial charge on any atom is -0.469 e. The summed E-state index contributed by atoms with van der Waals surface area (Å²) in [7, 11) is 1.43. The van der Waals surface area contributed by atoms with Gasteiger partial charge >= 0.3 is 5.97 Å². The number of ether oxygens (including phenoxy) is 1. The second-order valence-corrected chi connectivity index (χ2v) is 7.21. The maximum atomic E-state index is 11.0. The van der Waals surface area contributed by atoms with Gasteiger partial charge in [0, 0.05) is 37.4 Å². The number of aryl methyl sites for hydroxylation is 2. The Hall–Kier alpha value is -1.63. The summed E-state index contributed by atoms with van der Waals surface area (Å²) in [5.41, 5.74) is 1.13. The Morgan fingerprint density at radius 2 is 1.96 bits per heavy atom. The highest BCUT2D eigenvalue weighted by Crippen LogP contribution is 2.16. The van der Waals surface area contributed by atoms with Crippen molar-refractivity contribution in [1.82, 2.24) is 15.6 Å². The number of methoxy groups -OCH3 is 1. The smallest absolute Gasteiger partial charge is 0.305 e. The number of aromatic nitrogens is 1. The Morgan fingerprint density at radius 3 is 2.60 bits per heavy atom. The SMILES string of the molecule is CCNC(=NCCCCCCC(=O)OC)NCCc1nc(C)c(C)s1. The van der Waals surface area contributed by atoms with E-state index >= 15 is 0 Å². The van der Waals surface area contributed by atoms with E-state index in [0.717, 1.165) is 63.4 Å². The molecule has 6 nitrogen and oxygen atoms in total. The summed E-state index contributed by atoms with van der Waals surface area (Å²) in [6.07, 6.45) is 5.47. The van der Waals surface area contributed by atoms with Gasteiger partial charge < -0.3 is 15.4 Å². The Morgan fingerprint density at radius 1 is 1.20 bits per heavy atom.